The Hall–Kier alpha value is -0.170. The van der Waals surface area contributed by atoms with Crippen LogP contribution in [-0.2, 0) is 0 Å². The molecule has 0 heterocycles. The highest BCUT2D eigenvalue weighted by molar-refractivity contribution is 7.81. The van der Waals surface area contributed by atoms with Crippen molar-refractivity contribution in [3.8, 4) is 0 Å². The molecule has 40 valence electrons. The van der Waals surface area contributed by atoms with E-state index >= 15 is 0 Å². The zero-order valence-corrected chi connectivity index (χ0v) is 5.20. The van der Waals surface area contributed by atoms with Gasteiger partial charge in [-0.15, -0.1) is 13.2 Å². The standard InChI is InChI=1S/C6H10S/c1-3-5-6(7)4-2/h3-4,6-7H,1-2,5H2. The van der Waals surface area contributed by atoms with Crippen molar-refractivity contribution in [2.75, 3.05) is 0 Å². The van der Waals surface area contributed by atoms with Crippen LogP contribution >= 0.6 is 12.6 Å². The van der Waals surface area contributed by atoms with Crippen molar-refractivity contribution < 1.29 is 0 Å². The van der Waals surface area contributed by atoms with E-state index in [2.05, 4.69) is 25.8 Å². The normalized spacial score (nSPS) is 12.7. The van der Waals surface area contributed by atoms with Crippen LogP contribution < -0.4 is 0 Å². The predicted octanol–water partition coefficient (Wildman–Crippen LogP) is 2.05. The number of thiol groups is 1. The zero-order valence-electron chi connectivity index (χ0n) is 4.30. The van der Waals surface area contributed by atoms with Gasteiger partial charge in [-0.25, -0.2) is 0 Å². The Labute approximate surface area is 50.3 Å². The van der Waals surface area contributed by atoms with Crippen LogP contribution in [0.4, 0.5) is 0 Å². The molecule has 0 fully saturated rings. The fraction of sp³-hybridized carbons (Fsp3) is 0.333. The summed E-state index contributed by atoms with van der Waals surface area (Å²) in [5.74, 6) is 0. The fourth-order valence-electron chi connectivity index (χ4n) is 0.267. The Balaban J connectivity index is 3.15. The molecule has 0 aliphatic rings. The van der Waals surface area contributed by atoms with Crippen LogP contribution in [0.5, 0.6) is 0 Å². The maximum Gasteiger partial charge on any atom is 0.0228 e. The van der Waals surface area contributed by atoms with Gasteiger partial charge in [0.2, 0.25) is 0 Å². The molecular weight excluding hydrogens is 104 g/mol. The Kier molecular flexibility index (Phi) is 3.90. The fourth-order valence-corrected chi connectivity index (χ4v) is 0.416. The first-order chi connectivity index (χ1) is 3.31. The van der Waals surface area contributed by atoms with Crippen LogP contribution in [0.25, 0.3) is 0 Å². The third-order valence-corrected chi connectivity index (χ3v) is 1.10. The van der Waals surface area contributed by atoms with Gasteiger partial charge in [-0.3, -0.25) is 0 Å². The molecule has 0 rings (SSSR count). The lowest BCUT2D eigenvalue weighted by atomic mass is 10.3. The van der Waals surface area contributed by atoms with Crippen LogP contribution in [0, 0.1) is 0 Å². The Morgan fingerprint density at radius 3 is 2.29 bits per heavy atom. The van der Waals surface area contributed by atoms with Gasteiger partial charge in [0.05, 0.1) is 0 Å². The molecule has 0 aromatic heterocycles. The third kappa shape index (κ3) is 3.67. The van der Waals surface area contributed by atoms with Gasteiger partial charge in [-0.1, -0.05) is 12.2 Å². The van der Waals surface area contributed by atoms with Gasteiger partial charge < -0.3 is 0 Å². The molecule has 0 aromatic carbocycles. The molecule has 0 N–H and O–H groups in total. The third-order valence-electron chi connectivity index (χ3n) is 0.680. The minimum absolute atomic E-state index is 0.289. The number of allylic oxidation sites excluding steroid dienone is 1. The lowest BCUT2D eigenvalue weighted by molar-refractivity contribution is 1.09. The van der Waals surface area contributed by atoms with Gasteiger partial charge in [0, 0.05) is 5.25 Å². The Morgan fingerprint density at radius 1 is 1.57 bits per heavy atom. The lowest BCUT2D eigenvalue weighted by Crippen LogP contribution is -1.86. The van der Waals surface area contributed by atoms with Crippen molar-refractivity contribution in [2.45, 2.75) is 11.7 Å². The first-order valence-electron chi connectivity index (χ1n) is 2.22. The molecule has 0 aliphatic carbocycles. The summed E-state index contributed by atoms with van der Waals surface area (Å²) in [6.45, 7) is 7.11. The van der Waals surface area contributed by atoms with Crippen molar-refractivity contribution in [1.82, 2.24) is 0 Å². The van der Waals surface area contributed by atoms with Gasteiger partial charge in [0.25, 0.3) is 0 Å². The highest BCUT2D eigenvalue weighted by Crippen LogP contribution is 2.00. The summed E-state index contributed by atoms with van der Waals surface area (Å²) in [4.78, 5) is 0. The number of hydrogen-bond donors (Lipinski definition) is 1. The summed E-state index contributed by atoms with van der Waals surface area (Å²) >= 11 is 4.12. The average Bonchev–Trinajstić information content (AvgIpc) is 1.68. The van der Waals surface area contributed by atoms with E-state index in [9.17, 15) is 0 Å². The molecule has 0 bridgehead atoms. The first kappa shape index (κ1) is 6.83. The van der Waals surface area contributed by atoms with E-state index in [0.29, 0.717) is 0 Å². The quantitative estimate of drug-likeness (QED) is 0.421. The van der Waals surface area contributed by atoms with E-state index in [0.717, 1.165) is 6.42 Å². The summed E-state index contributed by atoms with van der Waals surface area (Å²) in [6, 6.07) is 0. The van der Waals surface area contributed by atoms with E-state index in [1.54, 1.807) is 6.08 Å². The molecule has 0 amide bonds. The molecule has 0 aromatic rings. The van der Waals surface area contributed by atoms with Crippen LogP contribution in [0.3, 0.4) is 0 Å². The van der Waals surface area contributed by atoms with E-state index in [-0.39, 0.29) is 5.25 Å². The SMILES string of the molecule is C=CCC(S)C=C. The molecule has 7 heavy (non-hydrogen) atoms. The van der Waals surface area contributed by atoms with Crippen LogP contribution in [0.15, 0.2) is 25.3 Å². The molecule has 0 nitrogen and oxygen atoms in total. The minimum Gasteiger partial charge on any atom is -0.171 e. The average molecular weight is 114 g/mol. The molecule has 0 saturated carbocycles. The summed E-state index contributed by atoms with van der Waals surface area (Å²) in [7, 11) is 0. The van der Waals surface area contributed by atoms with Crippen LogP contribution in [0.2, 0.25) is 0 Å². The topological polar surface area (TPSA) is 0 Å². The summed E-state index contributed by atoms with van der Waals surface area (Å²) in [6.07, 6.45) is 4.54. The van der Waals surface area contributed by atoms with Crippen molar-refractivity contribution in [1.29, 1.82) is 0 Å². The van der Waals surface area contributed by atoms with E-state index in [1.807, 2.05) is 6.08 Å². The van der Waals surface area contributed by atoms with Gasteiger partial charge in [-0.05, 0) is 6.42 Å². The second-order valence-corrected chi connectivity index (χ2v) is 1.99. The van der Waals surface area contributed by atoms with E-state index in [4.69, 9.17) is 0 Å². The Bertz CT molecular complexity index is 66.6. The van der Waals surface area contributed by atoms with Crippen molar-refractivity contribution in [3.05, 3.63) is 25.3 Å². The number of rotatable bonds is 3. The van der Waals surface area contributed by atoms with Crippen LogP contribution in [0.1, 0.15) is 6.42 Å². The Morgan fingerprint density at radius 2 is 2.14 bits per heavy atom. The lowest BCUT2D eigenvalue weighted by Gasteiger charge is -1.94. The summed E-state index contributed by atoms with van der Waals surface area (Å²) in [5, 5.41) is 0.289. The summed E-state index contributed by atoms with van der Waals surface area (Å²) < 4.78 is 0. The second-order valence-electron chi connectivity index (χ2n) is 1.33. The smallest absolute Gasteiger partial charge is 0.0228 e. The predicted molar refractivity (Wildman–Crippen MR) is 37.8 cm³/mol. The highest BCUT2D eigenvalue weighted by atomic mass is 32.1. The summed E-state index contributed by atoms with van der Waals surface area (Å²) in [5.41, 5.74) is 0. The molecule has 1 heteroatoms. The minimum atomic E-state index is 0.289. The van der Waals surface area contributed by atoms with Crippen molar-refractivity contribution >= 4 is 12.6 Å². The molecule has 0 aliphatic heterocycles. The van der Waals surface area contributed by atoms with Gasteiger partial charge in [0.1, 0.15) is 0 Å². The van der Waals surface area contributed by atoms with Crippen molar-refractivity contribution in [3.63, 3.8) is 0 Å². The molecule has 0 radical (unpaired) electrons. The molecule has 1 unspecified atom stereocenters. The first-order valence-corrected chi connectivity index (χ1v) is 2.74. The zero-order chi connectivity index (χ0) is 5.70. The molecule has 0 spiro atoms. The molecule has 1 atom stereocenters. The van der Waals surface area contributed by atoms with Gasteiger partial charge in [0.15, 0.2) is 0 Å². The van der Waals surface area contributed by atoms with Crippen LogP contribution in [-0.4, -0.2) is 5.25 Å². The molecule has 0 saturated heterocycles. The van der Waals surface area contributed by atoms with E-state index < -0.39 is 0 Å². The largest absolute Gasteiger partial charge is 0.171 e. The molecular formula is C6H10S. The monoisotopic (exact) mass is 114 g/mol. The second kappa shape index (κ2) is 4.00. The van der Waals surface area contributed by atoms with Gasteiger partial charge >= 0.3 is 0 Å². The van der Waals surface area contributed by atoms with E-state index in [1.165, 1.54) is 0 Å². The maximum absolute atomic E-state index is 4.12. The highest BCUT2D eigenvalue weighted by Gasteiger charge is 1.87. The number of hydrogen-bond acceptors (Lipinski definition) is 1. The maximum atomic E-state index is 4.12. The van der Waals surface area contributed by atoms with Gasteiger partial charge in [-0.2, -0.15) is 12.6 Å². The van der Waals surface area contributed by atoms with Crippen molar-refractivity contribution in [2.24, 2.45) is 0 Å².